The zero-order valence-corrected chi connectivity index (χ0v) is 17.5. The second-order valence-corrected chi connectivity index (χ2v) is 8.21. The van der Waals surface area contributed by atoms with E-state index in [2.05, 4.69) is 30.4 Å². The number of nitrogens with one attached hydrogen (secondary N) is 1. The number of benzene rings is 2. The number of hydrogen-bond acceptors (Lipinski definition) is 4. The fourth-order valence-corrected chi connectivity index (χ4v) is 3.93. The lowest BCUT2D eigenvalue weighted by molar-refractivity contribution is 0.410. The highest BCUT2D eigenvalue weighted by Gasteiger charge is 2.20. The van der Waals surface area contributed by atoms with Gasteiger partial charge in [-0.3, -0.25) is 0 Å². The Bertz CT molecular complexity index is 1010. The summed E-state index contributed by atoms with van der Waals surface area (Å²) in [7, 11) is 0. The van der Waals surface area contributed by atoms with Gasteiger partial charge in [0, 0.05) is 22.5 Å². The predicted octanol–water partition coefficient (Wildman–Crippen LogP) is 5.70. The Hall–Kier alpha value is -2.43. The number of aryl methyl sites for hydroxylation is 1. The number of nitrogens with zero attached hydrogens (tertiary/aromatic N) is 2. The molecule has 0 saturated heterocycles. The summed E-state index contributed by atoms with van der Waals surface area (Å²) in [5, 5.41) is 5.50. The molecule has 1 aliphatic carbocycles. The minimum Gasteiger partial charge on any atom is -0.367 e. The molecule has 0 radical (unpaired) electrons. The molecule has 5 heteroatoms. The van der Waals surface area contributed by atoms with E-state index in [-0.39, 0.29) is 0 Å². The quantitative estimate of drug-likeness (QED) is 0.570. The standard InChI is InChI=1S/C24H27ClN4/c1-2-16-5-13-22-21(15-16)24(27-20-11-9-19(26)10-12-20)29-23(28-22)14-6-17-3-7-18(25)8-4-17/h3-8,13-15,19-20H,2,9-12,26H2,1H3,(H,27,28,29)/b14-6+. The molecule has 0 amide bonds. The first kappa shape index (κ1) is 19.9. The van der Waals surface area contributed by atoms with Crippen molar-refractivity contribution in [3.63, 3.8) is 0 Å². The maximum atomic E-state index is 6.08. The average Bonchev–Trinajstić information content (AvgIpc) is 2.74. The normalized spacial score (nSPS) is 19.7. The van der Waals surface area contributed by atoms with Crippen molar-refractivity contribution < 1.29 is 0 Å². The minimum atomic E-state index is 0.333. The molecule has 2 aromatic carbocycles. The lowest BCUT2D eigenvalue weighted by Gasteiger charge is -2.27. The third-order valence-electron chi connectivity index (χ3n) is 5.59. The maximum Gasteiger partial charge on any atom is 0.154 e. The van der Waals surface area contributed by atoms with Gasteiger partial charge < -0.3 is 11.1 Å². The summed E-state index contributed by atoms with van der Waals surface area (Å²) in [6.45, 7) is 2.17. The van der Waals surface area contributed by atoms with Gasteiger partial charge in [-0.2, -0.15) is 0 Å². The van der Waals surface area contributed by atoms with Gasteiger partial charge in [0.15, 0.2) is 5.82 Å². The van der Waals surface area contributed by atoms with Crippen molar-refractivity contribution in [2.24, 2.45) is 5.73 Å². The van der Waals surface area contributed by atoms with Crippen LogP contribution < -0.4 is 11.1 Å². The number of anilines is 1. The number of halogens is 1. The van der Waals surface area contributed by atoms with Gasteiger partial charge in [0.2, 0.25) is 0 Å². The second-order valence-electron chi connectivity index (χ2n) is 7.78. The third kappa shape index (κ3) is 4.95. The first-order valence-corrected chi connectivity index (χ1v) is 10.7. The Morgan fingerprint density at radius 1 is 1.03 bits per heavy atom. The van der Waals surface area contributed by atoms with Gasteiger partial charge >= 0.3 is 0 Å². The molecular formula is C24H27ClN4. The Morgan fingerprint density at radius 3 is 2.52 bits per heavy atom. The highest BCUT2D eigenvalue weighted by atomic mass is 35.5. The fraction of sp³-hybridized carbons (Fsp3) is 0.333. The van der Waals surface area contributed by atoms with E-state index < -0.39 is 0 Å². The molecule has 4 rings (SSSR count). The summed E-state index contributed by atoms with van der Waals surface area (Å²) in [6, 6.07) is 14.9. The topological polar surface area (TPSA) is 63.8 Å². The van der Waals surface area contributed by atoms with Crippen molar-refractivity contribution >= 4 is 40.5 Å². The van der Waals surface area contributed by atoms with Crippen molar-refractivity contribution in [3.8, 4) is 0 Å². The summed E-state index contributed by atoms with van der Waals surface area (Å²) in [5.74, 6) is 1.62. The van der Waals surface area contributed by atoms with Gasteiger partial charge in [-0.25, -0.2) is 9.97 Å². The van der Waals surface area contributed by atoms with Crippen molar-refractivity contribution in [2.75, 3.05) is 5.32 Å². The van der Waals surface area contributed by atoms with Crippen molar-refractivity contribution in [2.45, 2.75) is 51.1 Å². The zero-order chi connectivity index (χ0) is 20.2. The van der Waals surface area contributed by atoms with Gasteiger partial charge in [-0.15, -0.1) is 0 Å². The highest BCUT2D eigenvalue weighted by molar-refractivity contribution is 6.30. The van der Waals surface area contributed by atoms with E-state index in [9.17, 15) is 0 Å². The van der Waals surface area contributed by atoms with E-state index >= 15 is 0 Å². The number of rotatable bonds is 5. The molecular weight excluding hydrogens is 380 g/mol. The van der Waals surface area contributed by atoms with Crippen LogP contribution in [0, 0.1) is 0 Å². The molecule has 150 valence electrons. The highest BCUT2D eigenvalue weighted by Crippen LogP contribution is 2.27. The summed E-state index contributed by atoms with van der Waals surface area (Å²) in [5.41, 5.74) is 9.39. The van der Waals surface area contributed by atoms with E-state index in [4.69, 9.17) is 27.3 Å². The Balaban J connectivity index is 1.67. The van der Waals surface area contributed by atoms with Gasteiger partial charge in [-0.1, -0.05) is 42.8 Å². The molecule has 3 aromatic rings. The van der Waals surface area contributed by atoms with Crippen LogP contribution in [0.5, 0.6) is 0 Å². The number of aromatic nitrogens is 2. The lowest BCUT2D eigenvalue weighted by Crippen LogP contribution is -2.33. The van der Waals surface area contributed by atoms with Crippen LogP contribution in [-0.2, 0) is 6.42 Å². The van der Waals surface area contributed by atoms with E-state index in [0.717, 1.165) is 59.4 Å². The van der Waals surface area contributed by atoms with Crippen LogP contribution >= 0.6 is 11.6 Å². The predicted molar refractivity (Wildman–Crippen MR) is 123 cm³/mol. The van der Waals surface area contributed by atoms with E-state index in [1.807, 2.05) is 36.4 Å². The lowest BCUT2D eigenvalue weighted by atomic mass is 9.92. The van der Waals surface area contributed by atoms with Gasteiger partial charge in [-0.05, 0) is 73.6 Å². The monoisotopic (exact) mass is 406 g/mol. The van der Waals surface area contributed by atoms with Gasteiger partial charge in [0.1, 0.15) is 5.82 Å². The number of fused-ring (bicyclic) bond motifs is 1. The van der Waals surface area contributed by atoms with E-state index in [0.29, 0.717) is 17.9 Å². The molecule has 4 nitrogen and oxygen atoms in total. The molecule has 1 aliphatic rings. The van der Waals surface area contributed by atoms with Crippen molar-refractivity contribution in [1.82, 2.24) is 9.97 Å². The third-order valence-corrected chi connectivity index (χ3v) is 5.85. The summed E-state index contributed by atoms with van der Waals surface area (Å²) in [4.78, 5) is 9.62. The minimum absolute atomic E-state index is 0.333. The summed E-state index contributed by atoms with van der Waals surface area (Å²) in [6.07, 6.45) is 9.24. The number of nitrogens with two attached hydrogens (primary N) is 1. The van der Waals surface area contributed by atoms with Crippen LogP contribution in [0.1, 0.15) is 49.6 Å². The number of hydrogen-bond donors (Lipinski definition) is 2. The molecule has 1 heterocycles. The van der Waals surface area contributed by atoms with Crippen LogP contribution in [-0.4, -0.2) is 22.1 Å². The first-order chi connectivity index (χ1) is 14.1. The van der Waals surface area contributed by atoms with Gasteiger partial charge in [0.25, 0.3) is 0 Å². The Kier molecular flexibility index (Phi) is 6.12. The van der Waals surface area contributed by atoms with Crippen molar-refractivity contribution in [1.29, 1.82) is 0 Å². The fourth-order valence-electron chi connectivity index (χ4n) is 3.80. The van der Waals surface area contributed by atoms with Crippen LogP contribution in [0.25, 0.3) is 23.1 Å². The van der Waals surface area contributed by atoms with E-state index in [1.54, 1.807) is 0 Å². The van der Waals surface area contributed by atoms with Crippen LogP contribution in [0.15, 0.2) is 42.5 Å². The largest absolute Gasteiger partial charge is 0.367 e. The Labute approximate surface area is 177 Å². The molecule has 1 fully saturated rings. The van der Waals surface area contributed by atoms with Crippen LogP contribution in [0.3, 0.4) is 0 Å². The summed E-state index contributed by atoms with van der Waals surface area (Å²) < 4.78 is 0. The molecule has 0 atom stereocenters. The second kappa shape index (κ2) is 8.93. The molecule has 3 N–H and O–H groups in total. The SMILES string of the molecule is CCc1ccc2nc(/C=C/c3ccc(Cl)cc3)nc(NC3CCC(N)CC3)c2c1. The van der Waals surface area contributed by atoms with E-state index in [1.165, 1.54) is 5.56 Å². The molecule has 0 aliphatic heterocycles. The summed E-state index contributed by atoms with van der Waals surface area (Å²) >= 11 is 5.98. The van der Waals surface area contributed by atoms with Gasteiger partial charge in [0.05, 0.1) is 5.52 Å². The molecule has 0 spiro atoms. The smallest absolute Gasteiger partial charge is 0.154 e. The molecule has 0 unspecified atom stereocenters. The molecule has 1 aromatic heterocycles. The molecule has 29 heavy (non-hydrogen) atoms. The van der Waals surface area contributed by atoms with Crippen LogP contribution in [0.2, 0.25) is 5.02 Å². The zero-order valence-electron chi connectivity index (χ0n) is 16.7. The van der Waals surface area contributed by atoms with Crippen molar-refractivity contribution in [3.05, 3.63) is 64.4 Å². The molecule has 1 saturated carbocycles. The Morgan fingerprint density at radius 2 is 1.79 bits per heavy atom. The maximum absolute atomic E-state index is 6.08. The van der Waals surface area contributed by atoms with Crippen LogP contribution in [0.4, 0.5) is 5.82 Å². The average molecular weight is 407 g/mol. The first-order valence-electron chi connectivity index (χ1n) is 10.4. The molecule has 0 bridgehead atoms.